The van der Waals surface area contributed by atoms with Crippen molar-refractivity contribution in [2.24, 2.45) is 0 Å². The molecule has 4 rings (SSSR count). The zero-order chi connectivity index (χ0) is 20.4. The summed E-state index contributed by atoms with van der Waals surface area (Å²) in [5.41, 5.74) is 1.92. The summed E-state index contributed by atoms with van der Waals surface area (Å²) in [6, 6.07) is 5.35. The van der Waals surface area contributed by atoms with Gasteiger partial charge < -0.3 is 10.6 Å². The number of carbonyl (C=O) groups is 2. The van der Waals surface area contributed by atoms with Crippen LogP contribution in [0.25, 0.3) is 0 Å². The largest absolute Gasteiger partial charge is 0.347 e. The third kappa shape index (κ3) is 4.57. The zero-order valence-corrected chi connectivity index (χ0v) is 18.5. The summed E-state index contributed by atoms with van der Waals surface area (Å²) in [7, 11) is 0. The van der Waals surface area contributed by atoms with Gasteiger partial charge >= 0.3 is 0 Å². The van der Waals surface area contributed by atoms with Gasteiger partial charge in [0.25, 0.3) is 11.8 Å². The van der Waals surface area contributed by atoms with E-state index in [-0.39, 0.29) is 11.8 Å². The highest BCUT2D eigenvalue weighted by Crippen LogP contribution is 2.38. The summed E-state index contributed by atoms with van der Waals surface area (Å²) in [4.78, 5) is 31.8. The van der Waals surface area contributed by atoms with Gasteiger partial charge in [-0.3, -0.25) is 9.59 Å². The molecular weight excluding hydrogens is 477 g/mol. The van der Waals surface area contributed by atoms with Crippen LogP contribution >= 0.6 is 38.6 Å². The molecule has 29 heavy (non-hydrogen) atoms. The lowest BCUT2D eigenvalue weighted by Crippen LogP contribution is -2.25. The minimum atomic E-state index is -0.400. The molecule has 0 fully saturated rings. The second-order valence-corrected chi connectivity index (χ2v) is 10.1. The minimum absolute atomic E-state index is 0.205. The topological polar surface area (TPSA) is 71.1 Å². The maximum atomic E-state index is 13.1. The Kier molecular flexibility index (Phi) is 6.07. The number of anilines is 1. The highest BCUT2D eigenvalue weighted by atomic mass is 79.9. The van der Waals surface area contributed by atoms with Gasteiger partial charge in [-0.15, -0.1) is 22.7 Å². The number of aromatic nitrogens is 1. The number of halogens is 2. The van der Waals surface area contributed by atoms with E-state index in [0.29, 0.717) is 22.7 Å². The fourth-order valence-electron chi connectivity index (χ4n) is 3.29. The van der Waals surface area contributed by atoms with E-state index in [1.165, 1.54) is 46.9 Å². The van der Waals surface area contributed by atoms with E-state index in [0.717, 1.165) is 44.9 Å². The maximum absolute atomic E-state index is 13.1. The molecule has 0 spiro atoms. The Morgan fingerprint density at radius 3 is 2.59 bits per heavy atom. The summed E-state index contributed by atoms with van der Waals surface area (Å²) in [5, 5.41) is 6.36. The number of rotatable bonds is 5. The van der Waals surface area contributed by atoms with Crippen LogP contribution in [0.15, 0.2) is 34.4 Å². The van der Waals surface area contributed by atoms with Crippen molar-refractivity contribution >= 4 is 55.4 Å². The van der Waals surface area contributed by atoms with E-state index in [4.69, 9.17) is 0 Å². The Hall–Kier alpha value is -2.10. The molecule has 0 unspecified atom stereocenters. The van der Waals surface area contributed by atoms with Crippen LogP contribution in [0.5, 0.6) is 0 Å². The van der Waals surface area contributed by atoms with Crippen molar-refractivity contribution in [2.45, 2.75) is 32.2 Å². The van der Waals surface area contributed by atoms with Gasteiger partial charge in [0.1, 0.15) is 10.8 Å². The summed E-state index contributed by atoms with van der Waals surface area (Å²) in [6.07, 6.45) is 5.56. The maximum Gasteiger partial charge on any atom is 0.256 e. The van der Waals surface area contributed by atoms with E-state index >= 15 is 0 Å². The normalized spacial score (nSPS) is 13.0. The summed E-state index contributed by atoms with van der Waals surface area (Å²) in [5.74, 6) is -0.963. The van der Waals surface area contributed by atoms with E-state index in [1.54, 1.807) is 6.20 Å². The van der Waals surface area contributed by atoms with Gasteiger partial charge in [0, 0.05) is 21.5 Å². The van der Waals surface area contributed by atoms with E-state index in [2.05, 4.69) is 31.5 Å². The Labute approximate surface area is 183 Å². The van der Waals surface area contributed by atoms with Crippen LogP contribution in [-0.4, -0.2) is 16.8 Å². The third-order valence-corrected chi connectivity index (χ3v) is 7.36. The second-order valence-electron chi connectivity index (χ2n) is 6.64. The lowest BCUT2D eigenvalue weighted by Gasteiger charge is -2.13. The van der Waals surface area contributed by atoms with E-state index < -0.39 is 5.82 Å². The number of carbonyl (C=O) groups excluding carboxylic acids is 2. The number of hydrogen-bond acceptors (Lipinski definition) is 5. The van der Waals surface area contributed by atoms with Crippen molar-refractivity contribution < 1.29 is 14.0 Å². The first-order valence-electron chi connectivity index (χ1n) is 9.11. The first kappa shape index (κ1) is 20.2. The highest BCUT2D eigenvalue weighted by Gasteiger charge is 2.26. The fourth-order valence-corrected chi connectivity index (χ4v) is 5.87. The molecule has 2 aromatic heterocycles. The molecule has 3 aromatic rings. The van der Waals surface area contributed by atoms with Crippen molar-refractivity contribution in [3.05, 3.63) is 66.6 Å². The molecule has 2 amide bonds. The number of amides is 2. The van der Waals surface area contributed by atoms with Gasteiger partial charge in [-0.05, 0) is 71.4 Å². The van der Waals surface area contributed by atoms with Crippen LogP contribution in [0.3, 0.4) is 0 Å². The predicted octanol–water partition coefficient (Wildman–Crippen LogP) is 5.17. The highest BCUT2D eigenvalue weighted by molar-refractivity contribution is 9.11. The van der Waals surface area contributed by atoms with Crippen molar-refractivity contribution in [1.29, 1.82) is 0 Å². The quantitative estimate of drug-likeness (QED) is 0.515. The standard InChI is InChI=1S/C20H17BrFN3O2S2/c21-20-24-10-13(28-20)9-23-18(27)16-14-3-1-2-4-15(14)29-19(16)25-17(26)11-5-7-12(22)8-6-11/h5-8,10H,1-4,9H2,(H,23,27)(H,25,26). The average molecular weight is 494 g/mol. The van der Waals surface area contributed by atoms with Crippen LogP contribution in [0.1, 0.15) is 48.9 Å². The Morgan fingerprint density at radius 1 is 1.10 bits per heavy atom. The lowest BCUT2D eigenvalue weighted by atomic mass is 9.95. The van der Waals surface area contributed by atoms with Gasteiger partial charge in [0.2, 0.25) is 0 Å². The summed E-state index contributed by atoms with van der Waals surface area (Å²) in [6.45, 7) is 0.373. The molecule has 0 saturated heterocycles. The Balaban J connectivity index is 1.58. The van der Waals surface area contributed by atoms with Gasteiger partial charge in [-0.2, -0.15) is 0 Å². The number of aryl methyl sites for hydroxylation is 1. The minimum Gasteiger partial charge on any atom is -0.347 e. The molecule has 0 atom stereocenters. The Bertz CT molecular complexity index is 1060. The van der Waals surface area contributed by atoms with Crippen LogP contribution in [-0.2, 0) is 19.4 Å². The number of nitrogens with one attached hydrogen (secondary N) is 2. The molecule has 0 radical (unpaired) electrons. The Morgan fingerprint density at radius 2 is 1.86 bits per heavy atom. The monoisotopic (exact) mass is 493 g/mol. The van der Waals surface area contributed by atoms with Crippen molar-refractivity contribution in [2.75, 3.05) is 5.32 Å². The zero-order valence-electron chi connectivity index (χ0n) is 15.3. The lowest BCUT2D eigenvalue weighted by molar-refractivity contribution is 0.0951. The molecule has 2 N–H and O–H groups in total. The van der Waals surface area contributed by atoms with Crippen molar-refractivity contribution in [1.82, 2.24) is 10.3 Å². The van der Waals surface area contributed by atoms with E-state index in [9.17, 15) is 14.0 Å². The first-order valence-corrected chi connectivity index (χ1v) is 11.5. The number of thiophene rings is 1. The molecule has 9 heteroatoms. The number of hydrogen-bond donors (Lipinski definition) is 2. The number of fused-ring (bicyclic) bond motifs is 1. The molecule has 0 aliphatic heterocycles. The molecule has 5 nitrogen and oxygen atoms in total. The molecule has 2 heterocycles. The molecule has 1 aliphatic rings. The van der Waals surface area contributed by atoms with Crippen LogP contribution in [0, 0.1) is 5.82 Å². The average Bonchev–Trinajstić information content (AvgIpc) is 3.29. The van der Waals surface area contributed by atoms with Crippen molar-refractivity contribution in [3.8, 4) is 0 Å². The van der Waals surface area contributed by atoms with Gasteiger partial charge in [0.05, 0.1) is 12.1 Å². The van der Waals surface area contributed by atoms with Crippen LogP contribution in [0.2, 0.25) is 0 Å². The van der Waals surface area contributed by atoms with Gasteiger partial charge in [0.15, 0.2) is 3.92 Å². The van der Waals surface area contributed by atoms with Crippen LogP contribution in [0.4, 0.5) is 9.39 Å². The van der Waals surface area contributed by atoms with Crippen molar-refractivity contribution in [3.63, 3.8) is 0 Å². The predicted molar refractivity (Wildman–Crippen MR) is 116 cm³/mol. The third-order valence-electron chi connectivity index (χ3n) is 4.68. The number of benzene rings is 1. The second kappa shape index (κ2) is 8.73. The summed E-state index contributed by atoms with van der Waals surface area (Å²) < 4.78 is 13.9. The number of thiazole rings is 1. The molecular formula is C20H17BrFN3O2S2. The van der Waals surface area contributed by atoms with Crippen LogP contribution < -0.4 is 10.6 Å². The molecule has 150 valence electrons. The fraction of sp³-hybridized carbons (Fsp3) is 0.250. The molecule has 0 bridgehead atoms. The summed E-state index contributed by atoms with van der Waals surface area (Å²) >= 11 is 6.24. The SMILES string of the molecule is O=C(Nc1sc2c(c1C(=O)NCc1cnc(Br)s1)CCCC2)c1ccc(F)cc1. The molecule has 1 aliphatic carbocycles. The first-order chi connectivity index (χ1) is 14.0. The van der Waals surface area contributed by atoms with Gasteiger partial charge in [-0.25, -0.2) is 9.37 Å². The van der Waals surface area contributed by atoms with Gasteiger partial charge in [-0.1, -0.05) is 0 Å². The number of nitrogens with zero attached hydrogens (tertiary/aromatic N) is 1. The van der Waals surface area contributed by atoms with E-state index in [1.807, 2.05) is 0 Å². The molecule has 1 aromatic carbocycles. The smallest absolute Gasteiger partial charge is 0.256 e. The molecule has 0 saturated carbocycles.